The molecule has 0 aromatic carbocycles. The second-order valence-corrected chi connectivity index (χ2v) is 5.33. The molecule has 86 valence electrons. The first-order valence-electron chi connectivity index (χ1n) is 5.08. The van der Waals surface area contributed by atoms with Gasteiger partial charge in [0.2, 0.25) is 5.13 Å². The number of anilines is 1. The van der Waals surface area contributed by atoms with E-state index in [2.05, 4.69) is 41.0 Å². The highest BCUT2D eigenvalue weighted by molar-refractivity contribution is 7.73. The zero-order chi connectivity index (χ0) is 11.3. The highest BCUT2D eigenvalue weighted by atomic mass is 32.1. The van der Waals surface area contributed by atoms with Crippen LogP contribution in [0.1, 0.15) is 13.3 Å². The van der Waals surface area contributed by atoms with Crippen LogP contribution in [0.15, 0.2) is 0 Å². The molecule has 1 rings (SSSR count). The number of rotatable bonds is 6. The van der Waals surface area contributed by atoms with Crippen molar-refractivity contribution in [2.75, 3.05) is 38.6 Å². The fourth-order valence-electron chi connectivity index (χ4n) is 1.25. The lowest BCUT2D eigenvalue weighted by atomic mass is 10.4. The third-order valence-corrected chi connectivity index (χ3v) is 3.16. The maximum atomic E-state index is 5.04. The topological polar surface area (TPSA) is 35.2 Å². The summed E-state index contributed by atoms with van der Waals surface area (Å²) in [4.78, 5) is 4.45. The van der Waals surface area contributed by atoms with Crippen molar-refractivity contribution in [2.24, 2.45) is 0 Å². The van der Waals surface area contributed by atoms with E-state index in [0.29, 0.717) is 0 Å². The molecule has 0 saturated carbocycles. The van der Waals surface area contributed by atoms with Gasteiger partial charge in [-0.05, 0) is 32.7 Å². The lowest BCUT2D eigenvalue weighted by Crippen LogP contribution is -2.32. The number of H-pyrrole nitrogens is 1. The Morgan fingerprint density at radius 2 is 2.07 bits per heavy atom. The summed E-state index contributed by atoms with van der Waals surface area (Å²) in [5.41, 5.74) is 0. The lowest BCUT2D eigenvalue weighted by molar-refractivity contribution is 0.412. The molecule has 4 nitrogen and oxygen atoms in total. The van der Waals surface area contributed by atoms with Gasteiger partial charge < -0.3 is 9.80 Å². The van der Waals surface area contributed by atoms with E-state index in [4.69, 9.17) is 12.2 Å². The third kappa shape index (κ3) is 4.27. The summed E-state index contributed by atoms with van der Waals surface area (Å²) < 4.78 is 0.746. The van der Waals surface area contributed by atoms with Crippen LogP contribution in [0.4, 0.5) is 5.13 Å². The summed E-state index contributed by atoms with van der Waals surface area (Å²) in [6.45, 7) is 5.24. The maximum Gasteiger partial charge on any atom is 0.206 e. The Hall–Kier alpha value is -0.460. The van der Waals surface area contributed by atoms with Crippen LogP contribution in [0.5, 0.6) is 0 Å². The first-order chi connectivity index (χ1) is 7.13. The smallest absolute Gasteiger partial charge is 0.206 e. The lowest BCUT2D eigenvalue weighted by Gasteiger charge is -2.22. The fraction of sp³-hybridized carbons (Fsp3) is 0.778. The monoisotopic (exact) mass is 246 g/mol. The SMILES string of the molecule is CCCN(CCN(C)C)c1n[nH]c(=S)s1. The minimum atomic E-state index is 0.746. The van der Waals surface area contributed by atoms with Gasteiger partial charge in [-0.1, -0.05) is 18.3 Å². The Kier molecular flexibility index (Phi) is 5.21. The van der Waals surface area contributed by atoms with Gasteiger partial charge in [0.05, 0.1) is 0 Å². The van der Waals surface area contributed by atoms with Gasteiger partial charge in [0.25, 0.3) is 0 Å². The number of nitrogens with zero attached hydrogens (tertiary/aromatic N) is 3. The summed E-state index contributed by atoms with van der Waals surface area (Å²) in [5.74, 6) is 0. The van der Waals surface area contributed by atoms with Crippen molar-refractivity contribution >= 4 is 28.7 Å². The Balaban J connectivity index is 2.61. The normalized spacial score (nSPS) is 10.9. The van der Waals surface area contributed by atoms with Gasteiger partial charge in [0.1, 0.15) is 0 Å². The zero-order valence-corrected chi connectivity index (χ0v) is 11.1. The van der Waals surface area contributed by atoms with Gasteiger partial charge in [-0.2, -0.15) is 0 Å². The number of hydrogen-bond donors (Lipinski definition) is 1. The molecule has 0 radical (unpaired) electrons. The predicted octanol–water partition coefficient (Wildman–Crippen LogP) is 1.98. The van der Waals surface area contributed by atoms with Crippen LogP contribution in [0, 0.1) is 3.95 Å². The standard InChI is InChI=1S/C9H18N4S2/c1-4-5-13(7-6-12(2)3)8-10-11-9(14)15-8/h4-7H2,1-3H3,(H,11,14). The predicted molar refractivity (Wildman–Crippen MR) is 68.4 cm³/mol. The summed E-state index contributed by atoms with van der Waals surface area (Å²) in [6.07, 6.45) is 1.12. The molecule has 1 heterocycles. The maximum absolute atomic E-state index is 5.04. The van der Waals surface area contributed by atoms with Gasteiger partial charge in [-0.3, -0.25) is 5.10 Å². The van der Waals surface area contributed by atoms with Gasteiger partial charge >= 0.3 is 0 Å². The second kappa shape index (κ2) is 6.19. The van der Waals surface area contributed by atoms with Crippen molar-refractivity contribution in [3.05, 3.63) is 3.95 Å². The number of likely N-dealkylation sites (N-methyl/N-ethyl adjacent to an activating group) is 1. The van der Waals surface area contributed by atoms with E-state index in [0.717, 1.165) is 35.1 Å². The van der Waals surface area contributed by atoms with E-state index in [9.17, 15) is 0 Å². The van der Waals surface area contributed by atoms with Gasteiger partial charge in [-0.25, -0.2) is 0 Å². The van der Waals surface area contributed by atoms with Crippen LogP contribution in [0.2, 0.25) is 0 Å². The molecule has 0 spiro atoms. The Labute approximate surface area is 99.9 Å². The van der Waals surface area contributed by atoms with Crippen molar-refractivity contribution in [1.82, 2.24) is 15.1 Å². The molecule has 0 aliphatic rings. The highest BCUT2D eigenvalue weighted by Crippen LogP contribution is 2.17. The molecule has 0 atom stereocenters. The molecule has 1 N–H and O–H groups in total. The first kappa shape index (κ1) is 12.6. The van der Waals surface area contributed by atoms with Crippen LogP contribution in [-0.4, -0.2) is 48.8 Å². The second-order valence-electron chi connectivity index (χ2n) is 3.69. The van der Waals surface area contributed by atoms with Gasteiger partial charge in [0, 0.05) is 19.6 Å². The molecule has 1 aromatic rings. The Morgan fingerprint density at radius 1 is 1.33 bits per heavy atom. The average Bonchev–Trinajstić information content (AvgIpc) is 2.59. The molecule has 15 heavy (non-hydrogen) atoms. The average molecular weight is 246 g/mol. The van der Waals surface area contributed by atoms with E-state index in [-0.39, 0.29) is 0 Å². The van der Waals surface area contributed by atoms with Crippen molar-refractivity contribution in [3.8, 4) is 0 Å². The number of aromatic amines is 1. The first-order valence-corrected chi connectivity index (χ1v) is 6.31. The van der Waals surface area contributed by atoms with E-state index in [1.165, 1.54) is 0 Å². The quantitative estimate of drug-likeness (QED) is 0.779. The highest BCUT2D eigenvalue weighted by Gasteiger charge is 2.08. The van der Waals surface area contributed by atoms with Crippen molar-refractivity contribution in [2.45, 2.75) is 13.3 Å². The van der Waals surface area contributed by atoms with Crippen LogP contribution < -0.4 is 4.90 Å². The Morgan fingerprint density at radius 3 is 2.53 bits per heavy atom. The van der Waals surface area contributed by atoms with Gasteiger partial charge in [0.15, 0.2) is 3.95 Å². The number of nitrogens with one attached hydrogen (secondary N) is 1. The number of hydrogen-bond acceptors (Lipinski definition) is 5. The summed E-state index contributed by atoms with van der Waals surface area (Å²) in [7, 11) is 4.16. The molecule has 0 unspecified atom stereocenters. The molecule has 1 aromatic heterocycles. The van der Waals surface area contributed by atoms with Crippen LogP contribution in [0.25, 0.3) is 0 Å². The van der Waals surface area contributed by atoms with Crippen LogP contribution >= 0.6 is 23.6 Å². The molecule has 6 heteroatoms. The summed E-state index contributed by atoms with van der Waals surface area (Å²) in [5, 5.41) is 8.04. The van der Waals surface area contributed by atoms with Gasteiger partial charge in [-0.15, -0.1) is 5.10 Å². The Bertz CT molecular complexity index is 331. The molecule has 0 bridgehead atoms. The summed E-state index contributed by atoms with van der Waals surface area (Å²) >= 11 is 6.58. The van der Waals surface area contributed by atoms with Crippen LogP contribution in [-0.2, 0) is 0 Å². The molecule has 0 aliphatic heterocycles. The summed E-state index contributed by atoms with van der Waals surface area (Å²) in [6, 6.07) is 0. The van der Waals surface area contributed by atoms with Crippen molar-refractivity contribution < 1.29 is 0 Å². The fourth-order valence-corrected chi connectivity index (χ4v) is 2.18. The van der Waals surface area contributed by atoms with E-state index < -0.39 is 0 Å². The third-order valence-electron chi connectivity index (χ3n) is 2.01. The van der Waals surface area contributed by atoms with E-state index in [1.54, 1.807) is 11.3 Å². The minimum Gasteiger partial charge on any atom is -0.345 e. The van der Waals surface area contributed by atoms with Crippen molar-refractivity contribution in [1.29, 1.82) is 0 Å². The minimum absolute atomic E-state index is 0.746. The van der Waals surface area contributed by atoms with E-state index in [1.807, 2.05) is 0 Å². The largest absolute Gasteiger partial charge is 0.345 e. The van der Waals surface area contributed by atoms with Crippen molar-refractivity contribution in [3.63, 3.8) is 0 Å². The van der Waals surface area contributed by atoms with Crippen LogP contribution in [0.3, 0.4) is 0 Å². The molecule has 0 aliphatic carbocycles. The molecular formula is C9H18N4S2. The molecule has 0 amide bonds. The molecule has 0 saturated heterocycles. The number of aromatic nitrogens is 2. The zero-order valence-electron chi connectivity index (χ0n) is 9.49. The molecule has 0 fully saturated rings. The molecular weight excluding hydrogens is 228 g/mol. The van der Waals surface area contributed by atoms with E-state index >= 15 is 0 Å².